The van der Waals surface area contributed by atoms with Crippen LogP contribution in [0.2, 0.25) is 0 Å². The Bertz CT molecular complexity index is 1690. The van der Waals surface area contributed by atoms with Gasteiger partial charge in [0.05, 0.1) is 34.7 Å². The van der Waals surface area contributed by atoms with Gasteiger partial charge in [-0.15, -0.1) is 0 Å². The largest absolute Gasteiger partial charge is 0.479 e. The molecule has 47 heavy (non-hydrogen) atoms. The highest BCUT2D eigenvalue weighted by Gasteiger charge is 2.45. The maximum Gasteiger partial charge on any atom is 0.332 e. The molecule has 0 spiro atoms. The fourth-order valence-corrected chi connectivity index (χ4v) is 7.31. The summed E-state index contributed by atoms with van der Waals surface area (Å²) in [5, 5.41) is 16.2. The lowest BCUT2D eigenvalue weighted by molar-refractivity contribution is -0.137. The third-order valence-electron chi connectivity index (χ3n) is 9.89. The first-order valence-electron chi connectivity index (χ1n) is 16.0. The van der Waals surface area contributed by atoms with E-state index in [9.17, 15) is 29.1 Å². The smallest absolute Gasteiger partial charge is 0.332 e. The Balaban J connectivity index is 0.920. The van der Waals surface area contributed by atoms with Crippen LogP contribution in [-0.2, 0) is 14.4 Å². The number of piperidine rings is 3. The van der Waals surface area contributed by atoms with Gasteiger partial charge in [0.1, 0.15) is 11.9 Å². The molecule has 2 N–H and O–H groups in total. The molecule has 0 radical (unpaired) electrons. The number of amides is 4. The normalized spacial score (nSPS) is 24.3. The summed E-state index contributed by atoms with van der Waals surface area (Å²) in [7, 11) is 0. The van der Waals surface area contributed by atoms with Crippen LogP contribution in [0.1, 0.15) is 65.3 Å². The number of carbonyl (C=O) groups is 5. The number of aliphatic carboxylic acids is 1. The first-order chi connectivity index (χ1) is 22.7. The number of fused-ring (bicyclic) bond motifs is 1. The van der Waals surface area contributed by atoms with Crippen molar-refractivity contribution >= 4 is 47.2 Å². The lowest BCUT2D eigenvalue weighted by Crippen LogP contribution is -2.54. The lowest BCUT2D eigenvalue weighted by atomic mass is 9.94. The Labute approximate surface area is 269 Å². The molecule has 2 unspecified atom stereocenters. The van der Waals surface area contributed by atoms with Gasteiger partial charge in [-0.25, -0.2) is 9.18 Å². The van der Waals surface area contributed by atoms with E-state index < -0.39 is 47.5 Å². The van der Waals surface area contributed by atoms with Gasteiger partial charge in [0, 0.05) is 64.0 Å². The van der Waals surface area contributed by atoms with Gasteiger partial charge in [-0.3, -0.25) is 39.1 Å². The maximum atomic E-state index is 15.3. The number of imide groups is 2. The summed E-state index contributed by atoms with van der Waals surface area (Å²) in [5.74, 6) is -3.65. The number of nitrogens with one attached hydrogen (secondary N) is 1. The van der Waals surface area contributed by atoms with Gasteiger partial charge in [0.25, 0.3) is 11.8 Å². The van der Waals surface area contributed by atoms with Gasteiger partial charge in [-0.2, -0.15) is 5.10 Å². The van der Waals surface area contributed by atoms with Crippen molar-refractivity contribution in [3.05, 3.63) is 53.9 Å². The average molecular weight is 647 g/mol. The number of rotatable bonds is 7. The van der Waals surface area contributed by atoms with Crippen molar-refractivity contribution in [2.75, 3.05) is 42.5 Å². The number of carboxylic acid groups (broad SMARTS) is 1. The third-order valence-corrected chi connectivity index (χ3v) is 9.89. The number of carbonyl (C=O) groups excluding carboxylic acids is 4. The molecule has 4 amide bonds. The van der Waals surface area contributed by atoms with Crippen LogP contribution in [0.4, 0.5) is 15.8 Å². The molecule has 3 fully saturated rings. The summed E-state index contributed by atoms with van der Waals surface area (Å²) in [4.78, 5) is 72.6. The molecule has 2 aromatic rings. The topological polar surface area (TPSA) is 161 Å². The summed E-state index contributed by atoms with van der Waals surface area (Å²) in [6.07, 6.45) is 11.8. The van der Waals surface area contributed by atoms with Crippen LogP contribution in [-0.4, -0.2) is 105 Å². The van der Waals surface area contributed by atoms with E-state index in [1.165, 1.54) is 12.3 Å². The van der Waals surface area contributed by atoms with Gasteiger partial charge in [-0.1, -0.05) is 0 Å². The van der Waals surface area contributed by atoms with Crippen molar-refractivity contribution in [1.82, 2.24) is 24.9 Å². The Morgan fingerprint density at radius 1 is 0.979 bits per heavy atom. The van der Waals surface area contributed by atoms with Gasteiger partial charge in [-0.05, 0) is 50.2 Å². The second-order valence-electron chi connectivity index (χ2n) is 12.7. The molecular weight excluding hydrogens is 611 g/mol. The molecule has 7 rings (SSSR count). The van der Waals surface area contributed by atoms with Crippen molar-refractivity contribution in [3.8, 4) is 0 Å². The minimum atomic E-state index is -1.09. The minimum absolute atomic E-state index is 0.0192. The van der Waals surface area contributed by atoms with E-state index in [2.05, 4.69) is 20.3 Å². The van der Waals surface area contributed by atoms with Gasteiger partial charge < -0.3 is 19.8 Å². The summed E-state index contributed by atoms with van der Waals surface area (Å²) in [6.45, 7) is 3.97. The Hall–Kier alpha value is -4.92. The molecule has 15 heteroatoms. The minimum Gasteiger partial charge on any atom is -0.479 e. The Kier molecular flexibility index (Phi) is 8.08. The van der Waals surface area contributed by atoms with E-state index in [1.807, 2.05) is 15.8 Å². The summed E-state index contributed by atoms with van der Waals surface area (Å²) in [6, 6.07) is 0.781. The lowest BCUT2D eigenvalue weighted by Gasteiger charge is -2.38. The number of hydrogen-bond donors (Lipinski definition) is 2. The zero-order valence-electron chi connectivity index (χ0n) is 25.6. The van der Waals surface area contributed by atoms with E-state index in [1.54, 1.807) is 23.5 Å². The highest BCUT2D eigenvalue weighted by Crippen LogP contribution is 2.35. The van der Waals surface area contributed by atoms with E-state index in [0.29, 0.717) is 24.7 Å². The van der Waals surface area contributed by atoms with Gasteiger partial charge in [0.15, 0.2) is 6.04 Å². The molecule has 1 aromatic carbocycles. The predicted octanol–water partition coefficient (Wildman–Crippen LogP) is 1.79. The zero-order valence-corrected chi connectivity index (χ0v) is 25.6. The zero-order chi connectivity index (χ0) is 32.8. The molecule has 3 saturated heterocycles. The molecule has 5 aliphatic heterocycles. The first-order valence-corrected chi connectivity index (χ1v) is 16.0. The predicted molar refractivity (Wildman–Crippen MR) is 166 cm³/mol. The number of hydrogen-bond acceptors (Lipinski definition) is 10. The Morgan fingerprint density at radius 3 is 2.40 bits per heavy atom. The van der Waals surface area contributed by atoms with Gasteiger partial charge in [0.2, 0.25) is 11.8 Å². The summed E-state index contributed by atoms with van der Waals surface area (Å²) >= 11 is 0. The number of aromatic nitrogens is 2. The van der Waals surface area contributed by atoms with Crippen molar-refractivity contribution in [2.45, 2.75) is 56.7 Å². The summed E-state index contributed by atoms with van der Waals surface area (Å²) < 4.78 is 17.3. The van der Waals surface area contributed by atoms with Crippen LogP contribution in [0.25, 0.3) is 0 Å². The molecule has 246 valence electrons. The Morgan fingerprint density at radius 2 is 1.70 bits per heavy atom. The van der Waals surface area contributed by atoms with Crippen LogP contribution in [0.3, 0.4) is 0 Å². The summed E-state index contributed by atoms with van der Waals surface area (Å²) in [5.41, 5.74) is 0.993. The number of halogens is 1. The standard InChI is InChI=1S/C32H35FN8O6/c33-24-13-22-23(31(45)41(30(22)44)25-1-2-28(42)36-29(25)43)14-26(24)38-10-3-19(4-11-38)17-37-8-5-20(6-9-37)40-18-21(15-35-40)39-12-7-34-16-27(39)32(46)47/h7,12-16,18-20,25,27H,1-6,8-11,17H2,(H,46,47)(H,36,42,43). The fraction of sp³-hybridized carbons (Fsp3) is 0.469. The molecule has 5 aliphatic rings. The van der Waals surface area contributed by atoms with Crippen LogP contribution < -0.4 is 15.1 Å². The highest BCUT2D eigenvalue weighted by atomic mass is 19.1. The van der Waals surface area contributed by atoms with E-state index in [0.717, 1.165) is 56.3 Å². The van der Waals surface area contributed by atoms with Crippen molar-refractivity contribution in [1.29, 1.82) is 0 Å². The quantitative estimate of drug-likeness (QED) is 0.425. The third kappa shape index (κ3) is 5.79. The average Bonchev–Trinajstić information content (AvgIpc) is 3.65. The fourth-order valence-electron chi connectivity index (χ4n) is 7.31. The van der Waals surface area contributed by atoms with E-state index in [-0.39, 0.29) is 35.7 Å². The second-order valence-corrected chi connectivity index (χ2v) is 12.7. The molecule has 2 atom stereocenters. The molecule has 1 aromatic heterocycles. The van der Waals surface area contributed by atoms with E-state index >= 15 is 4.39 Å². The molecule has 0 bridgehead atoms. The molecule has 6 heterocycles. The van der Waals surface area contributed by atoms with Crippen LogP contribution >= 0.6 is 0 Å². The number of aliphatic imine (C=N–C) groups is 1. The number of benzene rings is 1. The molecule has 0 saturated carbocycles. The van der Waals surface area contributed by atoms with Crippen LogP contribution in [0, 0.1) is 11.7 Å². The van der Waals surface area contributed by atoms with Crippen LogP contribution in [0.5, 0.6) is 0 Å². The maximum absolute atomic E-state index is 15.3. The number of nitrogens with zero attached hydrogens (tertiary/aromatic N) is 7. The number of carboxylic acids is 1. The second kappa shape index (κ2) is 12.4. The number of likely N-dealkylation sites (tertiary alicyclic amines) is 1. The van der Waals surface area contributed by atoms with Crippen molar-refractivity contribution < 1.29 is 33.5 Å². The first kappa shape index (κ1) is 30.7. The highest BCUT2D eigenvalue weighted by molar-refractivity contribution is 6.23. The molecular formula is C32H35FN8O6. The molecule has 0 aliphatic carbocycles. The van der Waals surface area contributed by atoms with Crippen molar-refractivity contribution in [3.63, 3.8) is 0 Å². The number of anilines is 2. The monoisotopic (exact) mass is 646 g/mol. The van der Waals surface area contributed by atoms with E-state index in [4.69, 9.17) is 0 Å². The SMILES string of the molecule is O=C1CCC(N2C(=O)c3cc(F)c(N4CCC(CN5CCC(n6cc(N7C=CN=CC7C(=O)O)cn6)CC5)CC4)cc3C2=O)C(=O)N1. The van der Waals surface area contributed by atoms with Gasteiger partial charge >= 0.3 is 5.97 Å². The van der Waals surface area contributed by atoms with Crippen LogP contribution in [0.15, 0.2) is 41.9 Å². The van der Waals surface area contributed by atoms with Crippen molar-refractivity contribution in [2.24, 2.45) is 10.9 Å². The molecule has 14 nitrogen and oxygen atoms in total.